The Bertz CT molecular complexity index is 1000. The van der Waals surface area contributed by atoms with Crippen LogP contribution in [-0.4, -0.2) is 22.6 Å². The first-order chi connectivity index (χ1) is 12.5. The molecule has 1 aromatic heterocycles. The summed E-state index contributed by atoms with van der Waals surface area (Å²) in [6.07, 6.45) is 3.10. The summed E-state index contributed by atoms with van der Waals surface area (Å²) in [5.74, 6) is 0.767. The average molecular weight is 386 g/mol. The van der Waals surface area contributed by atoms with E-state index in [0.29, 0.717) is 27.5 Å². The molecular formula is C18H12ClN3O3S. The van der Waals surface area contributed by atoms with E-state index in [2.05, 4.69) is 4.99 Å². The number of rotatable bonds is 3. The molecule has 26 heavy (non-hydrogen) atoms. The Morgan fingerprint density at radius 2 is 2.00 bits per heavy atom. The van der Waals surface area contributed by atoms with Gasteiger partial charge in [-0.2, -0.15) is 4.99 Å². The zero-order chi connectivity index (χ0) is 18.3. The molecule has 0 saturated carbocycles. The number of carbonyl (C=O) groups excluding carboxylic acids is 1. The molecule has 1 aromatic carbocycles. The van der Waals surface area contributed by atoms with Crippen molar-refractivity contribution in [1.29, 1.82) is 5.41 Å². The number of aliphatic imine (C=N–C) groups is 1. The molecule has 0 radical (unpaired) electrons. The van der Waals surface area contributed by atoms with E-state index in [0.717, 1.165) is 4.90 Å². The summed E-state index contributed by atoms with van der Waals surface area (Å²) in [4.78, 5) is 22.5. The minimum atomic E-state index is -0.501. The number of carbonyl (C=O) groups is 1. The van der Waals surface area contributed by atoms with Crippen molar-refractivity contribution in [3.63, 3.8) is 0 Å². The number of hydrogen-bond donors (Lipinski definition) is 1. The van der Waals surface area contributed by atoms with E-state index in [9.17, 15) is 4.79 Å². The lowest BCUT2D eigenvalue weighted by Crippen LogP contribution is -2.38. The van der Waals surface area contributed by atoms with Crippen LogP contribution in [0.3, 0.4) is 0 Å². The smallest absolute Gasteiger partial charge is 0.283 e. The zero-order valence-electron chi connectivity index (χ0n) is 13.5. The maximum Gasteiger partial charge on any atom is 0.283 e. The Labute approximate surface area is 158 Å². The van der Waals surface area contributed by atoms with Crippen LogP contribution in [0.5, 0.6) is 0 Å². The standard InChI is InChI=1S/C18H12ClN3O3S/c1-10-8-15-21-18(23)14(17(20)22(15)25-10)9-12-4-7-16(24-12)26-13-5-2-11(19)3-6-13/h2-9,20H,1H3. The fourth-order valence-electron chi connectivity index (χ4n) is 2.43. The molecule has 2 aromatic rings. The summed E-state index contributed by atoms with van der Waals surface area (Å²) in [7, 11) is 0. The number of benzene rings is 1. The molecule has 0 unspecified atom stereocenters. The van der Waals surface area contributed by atoms with Gasteiger partial charge < -0.3 is 9.25 Å². The van der Waals surface area contributed by atoms with E-state index in [4.69, 9.17) is 26.3 Å². The van der Waals surface area contributed by atoms with E-state index in [1.165, 1.54) is 22.9 Å². The van der Waals surface area contributed by atoms with Crippen LogP contribution in [0.1, 0.15) is 12.7 Å². The van der Waals surface area contributed by atoms with Crippen molar-refractivity contribution in [2.75, 3.05) is 0 Å². The first kappa shape index (κ1) is 16.7. The number of amides is 1. The highest BCUT2D eigenvalue weighted by molar-refractivity contribution is 7.99. The topological polar surface area (TPSA) is 78.9 Å². The van der Waals surface area contributed by atoms with Gasteiger partial charge >= 0.3 is 0 Å². The van der Waals surface area contributed by atoms with E-state index in [1.807, 2.05) is 12.1 Å². The van der Waals surface area contributed by atoms with Crippen molar-refractivity contribution in [2.24, 2.45) is 4.99 Å². The predicted octanol–water partition coefficient (Wildman–Crippen LogP) is 4.53. The van der Waals surface area contributed by atoms with Crippen LogP contribution >= 0.6 is 23.4 Å². The summed E-state index contributed by atoms with van der Waals surface area (Å²) >= 11 is 7.31. The Balaban J connectivity index is 1.56. The SMILES string of the molecule is CC1=CC2=NC(=O)C(=Cc3ccc(Sc4ccc(Cl)cc4)o3)C(=N)N2O1. The summed E-state index contributed by atoms with van der Waals surface area (Å²) in [5.41, 5.74) is 0.106. The quantitative estimate of drug-likeness (QED) is 0.785. The Morgan fingerprint density at radius 1 is 1.23 bits per heavy atom. The van der Waals surface area contributed by atoms with Crippen LogP contribution in [0.15, 0.2) is 73.2 Å². The number of fused-ring (bicyclic) bond motifs is 1. The van der Waals surface area contributed by atoms with E-state index in [1.54, 1.807) is 37.3 Å². The number of halogens is 1. The van der Waals surface area contributed by atoms with E-state index < -0.39 is 5.91 Å². The molecule has 0 fully saturated rings. The van der Waals surface area contributed by atoms with E-state index in [-0.39, 0.29) is 11.4 Å². The van der Waals surface area contributed by atoms with Crippen molar-refractivity contribution in [3.8, 4) is 0 Å². The molecule has 130 valence electrons. The predicted molar refractivity (Wildman–Crippen MR) is 99.1 cm³/mol. The van der Waals surface area contributed by atoms with Crippen LogP contribution in [0, 0.1) is 5.41 Å². The Hall–Kier alpha value is -2.77. The first-order valence-corrected chi connectivity index (χ1v) is 8.82. The van der Waals surface area contributed by atoms with Crippen molar-refractivity contribution >= 4 is 47.0 Å². The van der Waals surface area contributed by atoms with Gasteiger partial charge in [0.1, 0.15) is 11.5 Å². The summed E-state index contributed by atoms with van der Waals surface area (Å²) in [5, 5.41) is 10.7. The van der Waals surface area contributed by atoms with Crippen LogP contribution in [0.25, 0.3) is 6.08 Å². The van der Waals surface area contributed by atoms with E-state index >= 15 is 0 Å². The maximum atomic E-state index is 12.2. The molecule has 1 N–H and O–H groups in total. The van der Waals surface area contributed by atoms with Gasteiger partial charge in [-0.25, -0.2) is 0 Å². The normalized spacial score (nSPS) is 17.9. The third-order valence-corrected chi connectivity index (χ3v) is 4.78. The molecule has 2 aliphatic rings. The molecular weight excluding hydrogens is 374 g/mol. The lowest BCUT2D eigenvalue weighted by Gasteiger charge is -2.22. The molecule has 0 atom stereocenters. The van der Waals surface area contributed by atoms with Gasteiger partial charge in [0.05, 0.1) is 5.57 Å². The summed E-state index contributed by atoms with van der Waals surface area (Å²) in [6, 6.07) is 10.9. The van der Waals surface area contributed by atoms with Crippen LogP contribution in [-0.2, 0) is 9.63 Å². The van der Waals surface area contributed by atoms with Gasteiger partial charge in [-0.15, -0.1) is 5.06 Å². The minimum Gasteiger partial charge on any atom is -0.450 e. The molecule has 3 heterocycles. The molecule has 1 amide bonds. The van der Waals surface area contributed by atoms with Gasteiger partial charge in [-0.3, -0.25) is 10.2 Å². The van der Waals surface area contributed by atoms with Gasteiger partial charge in [0, 0.05) is 16.0 Å². The highest BCUT2D eigenvalue weighted by Crippen LogP contribution is 2.31. The Kier molecular flexibility index (Phi) is 4.18. The van der Waals surface area contributed by atoms with Gasteiger partial charge in [0.2, 0.25) is 0 Å². The number of nitrogens with zero attached hydrogens (tertiary/aromatic N) is 2. The maximum absolute atomic E-state index is 12.2. The van der Waals surface area contributed by atoms with Crippen LogP contribution < -0.4 is 0 Å². The number of furan rings is 1. The molecule has 6 nitrogen and oxygen atoms in total. The molecule has 0 spiro atoms. The largest absolute Gasteiger partial charge is 0.450 e. The second kappa shape index (κ2) is 6.51. The highest BCUT2D eigenvalue weighted by atomic mass is 35.5. The fourth-order valence-corrected chi connectivity index (χ4v) is 3.33. The minimum absolute atomic E-state index is 0.0728. The number of amidine groups is 2. The fraction of sp³-hybridized carbons (Fsp3) is 0.0556. The lowest BCUT2D eigenvalue weighted by atomic mass is 10.1. The molecule has 8 heteroatoms. The molecule has 2 aliphatic heterocycles. The zero-order valence-corrected chi connectivity index (χ0v) is 15.1. The second-order valence-corrected chi connectivity index (χ2v) is 7.05. The van der Waals surface area contributed by atoms with Gasteiger partial charge in [-0.05, 0) is 49.4 Å². The average Bonchev–Trinajstić information content (AvgIpc) is 3.19. The third-order valence-electron chi connectivity index (χ3n) is 3.60. The number of allylic oxidation sites excluding steroid dienone is 1. The molecule has 0 bridgehead atoms. The summed E-state index contributed by atoms with van der Waals surface area (Å²) < 4.78 is 5.73. The molecule has 4 rings (SSSR count). The van der Waals surface area contributed by atoms with Crippen molar-refractivity contribution in [3.05, 3.63) is 64.6 Å². The monoisotopic (exact) mass is 385 g/mol. The van der Waals surface area contributed by atoms with Crippen molar-refractivity contribution in [1.82, 2.24) is 5.06 Å². The Morgan fingerprint density at radius 3 is 2.77 bits per heavy atom. The van der Waals surface area contributed by atoms with Crippen LogP contribution in [0.4, 0.5) is 0 Å². The lowest BCUT2D eigenvalue weighted by molar-refractivity contribution is -0.114. The van der Waals surface area contributed by atoms with Gasteiger partial charge in [0.15, 0.2) is 16.8 Å². The van der Waals surface area contributed by atoms with Gasteiger partial charge in [-0.1, -0.05) is 23.4 Å². The number of hydroxylamine groups is 2. The highest BCUT2D eigenvalue weighted by Gasteiger charge is 2.34. The summed E-state index contributed by atoms with van der Waals surface area (Å²) in [6.45, 7) is 1.73. The van der Waals surface area contributed by atoms with Crippen molar-refractivity contribution < 1.29 is 14.0 Å². The third kappa shape index (κ3) is 3.18. The first-order valence-electron chi connectivity index (χ1n) is 7.63. The van der Waals surface area contributed by atoms with Crippen LogP contribution in [0.2, 0.25) is 5.02 Å². The van der Waals surface area contributed by atoms with Crippen molar-refractivity contribution in [2.45, 2.75) is 16.9 Å². The number of hydrogen-bond acceptors (Lipinski definition) is 5. The van der Waals surface area contributed by atoms with Gasteiger partial charge in [0.25, 0.3) is 5.91 Å². The molecule has 0 saturated heterocycles. The molecule has 0 aliphatic carbocycles. The number of nitrogens with one attached hydrogen (secondary N) is 1. The second-order valence-electron chi connectivity index (χ2n) is 5.54.